The van der Waals surface area contributed by atoms with E-state index in [0.29, 0.717) is 50.1 Å². The number of rotatable bonds is 4. The molecule has 1 N–H and O–H groups in total. The number of halogens is 1. The second-order valence-corrected chi connectivity index (χ2v) is 5.42. The van der Waals surface area contributed by atoms with Crippen molar-refractivity contribution in [2.45, 2.75) is 6.61 Å². The predicted octanol–water partition coefficient (Wildman–Crippen LogP) is 1.38. The summed E-state index contributed by atoms with van der Waals surface area (Å²) in [7, 11) is 1.57. The quantitative estimate of drug-likeness (QED) is 0.923. The molecule has 7 heteroatoms. The van der Waals surface area contributed by atoms with Crippen LogP contribution in [0.5, 0.6) is 0 Å². The zero-order valence-corrected chi connectivity index (χ0v) is 13.0. The highest BCUT2D eigenvalue weighted by Crippen LogP contribution is 2.21. The highest BCUT2D eigenvalue weighted by atomic mass is 19.1. The normalized spacial score (nSPS) is 15.0. The fraction of sp³-hybridized carbons (Fsp3) is 0.375. The Bertz CT molecular complexity index is 726. The van der Waals surface area contributed by atoms with Gasteiger partial charge in [0.05, 0.1) is 18.0 Å². The van der Waals surface area contributed by atoms with Crippen LogP contribution in [-0.2, 0) is 11.3 Å². The van der Waals surface area contributed by atoms with Crippen LogP contribution in [0.1, 0.15) is 5.69 Å². The first-order valence-electron chi connectivity index (χ1n) is 7.51. The summed E-state index contributed by atoms with van der Waals surface area (Å²) in [5, 5.41) is 0. The van der Waals surface area contributed by atoms with E-state index in [4.69, 9.17) is 4.74 Å². The maximum Gasteiger partial charge on any atom is 0.252 e. The van der Waals surface area contributed by atoms with E-state index < -0.39 is 0 Å². The summed E-state index contributed by atoms with van der Waals surface area (Å²) in [6, 6.07) is 8.20. The van der Waals surface area contributed by atoms with Crippen molar-refractivity contribution in [1.82, 2.24) is 9.97 Å². The molecule has 6 nitrogen and oxygen atoms in total. The van der Waals surface area contributed by atoms with E-state index >= 15 is 0 Å². The smallest absolute Gasteiger partial charge is 0.252 e. The van der Waals surface area contributed by atoms with Gasteiger partial charge in [0.25, 0.3) is 5.56 Å². The number of benzene rings is 1. The molecular weight excluding hydrogens is 299 g/mol. The minimum Gasteiger partial charge on any atom is -0.378 e. The molecule has 2 aromatic rings. The van der Waals surface area contributed by atoms with Gasteiger partial charge in [0.2, 0.25) is 5.95 Å². The largest absolute Gasteiger partial charge is 0.378 e. The third-order valence-electron chi connectivity index (χ3n) is 3.85. The second kappa shape index (κ2) is 6.78. The number of H-pyrrole nitrogens is 1. The van der Waals surface area contributed by atoms with Crippen LogP contribution in [0.25, 0.3) is 0 Å². The van der Waals surface area contributed by atoms with E-state index in [1.165, 1.54) is 12.1 Å². The van der Waals surface area contributed by atoms with Crippen LogP contribution in [0.2, 0.25) is 0 Å². The van der Waals surface area contributed by atoms with E-state index in [1.54, 1.807) is 19.2 Å². The van der Waals surface area contributed by atoms with Crippen LogP contribution in [0, 0.1) is 5.82 Å². The van der Waals surface area contributed by atoms with Gasteiger partial charge in [0.1, 0.15) is 5.82 Å². The molecule has 1 saturated heterocycles. The second-order valence-electron chi connectivity index (χ2n) is 5.42. The summed E-state index contributed by atoms with van der Waals surface area (Å²) in [6.45, 7) is 2.95. The number of piperazine rings is 1. The minimum atomic E-state index is -0.213. The molecule has 0 atom stereocenters. The lowest BCUT2D eigenvalue weighted by Gasteiger charge is -2.36. The van der Waals surface area contributed by atoms with Gasteiger partial charge >= 0.3 is 0 Å². The minimum absolute atomic E-state index is 0.196. The van der Waals surface area contributed by atoms with Crippen molar-refractivity contribution in [3.05, 3.63) is 52.2 Å². The highest BCUT2D eigenvalue weighted by molar-refractivity contribution is 5.49. The number of nitrogens with one attached hydrogen (secondary N) is 1. The molecule has 2 heterocycles. The molecule has 0 unspecified atom stereocenters. The fourth-order valence-electron chi connectivity index (χ4n) is 2.73. The van der Waals surface area contributed by atoms with Gasteiger partial charge in [-0.05, 0) is 12.1 Å². The molecule has 1 aliphatic rings. The van der Waals surface area contributed by atoms with Crippen LogP contribution >= 0.6 is 0 Å². The number of aromatic nitrogens is 2. The molecule has 0 spiro atoms. The summed E-state index contributed by atoms with van der Waals surface area (Å²) < 4.78 is 18.9. The number of hydrogen-bond acceptors (Lipinski definition) is 5. The van der Waals surface area contributed by atoms with Crippen LogP contribution in [0.3, 0.4) is 0 Å². The lowest BCUT2D eigenvalue weighted by molar-refractivity contribution is 0.181. The molecule has 1 fully saturated rings. The Labute approximate surface area is 133 Å². The molecule has 0 bridgehead atoms. The zero-order valence-electron chi connectivity index (χ0n) is 13.0. The first-order valence-corrected chi connectivity index (χ1v) is 7.51. The van der Waals surface area contributed by atoms with Gasteiger partial charge in [-0.1, -0.05) is 12.1 Å². The molecule has 122 valence electrons. The van der Waals surface area contributed by atoms with Gasteiger partial charge in [-0.25, -0.2) is 9.37 Å². The SMILES string of the molecule is COCc1cc(=O)[nH]c(N2CCN(c3ccccc3F)CC2)n1. The lowest BCUT2D eigenvalue weighted by atomic mass is 10.2. The summed E-state index contributed by atoms with van der Waals surface area (Å²) >= 11 is 0. The third kappa shape index (κ3) is 3.50. The lowest BCUT2D eigenvalue weighted by Crippen LogP contribution is -2.47. The Morgan fingerprint density at radius 1 is 1.22 bits per heavy atom. The van der Waals surface area contributed by atoms with Gasteiger partial charge in [0, 0.05) is 39.4 Å². The topological polar surface area (TPSA) is 61.5 Å². The number of ether oxygens (including phenoxy) is 1. The molecule has 1 aromatic carbocycles. The van der Waals surface area contributed by atoms with Gasteiger partial charge < -0.3 is 14.5 Å². The number of nitrogens with zero attached hydrogens (tertiary/aromatic N) is 3. The average molecular weight is 318 g/mol. The van der Waals surface area contributed by atoms with Crippen LogP contribution in [-0.4, -0.2) is 43.3 Å². The molecular formula is C16H19FN4O2. The third-order valence-corrected chi connectivity index (χ3v) is 3.85. The maximum atomic E-state index is 13.9. The highest BCUT2D eigenvalue weighted by Gasteiger charge is 2.21. The van der Waals surface area contributed by atoms with E-state index in [2.05, 4.69) is 9.97 Å². The summed E-state index contributed by atoms with van der Waals surface area (Å²) in [5.41, 5.74) is 1.02. The van der Waals surface area contributed by atoms with Crippen LogP contribution < -0.4 is 15.4 Å². The van der Waals surface area contributed by atoms with Crippen molar-refractivity contribution in [1.29, 1.82) is 0 Å². The number of anilines is 2. The Balaban J connectivity index is 1.72. The summed E-state index contributed by atoms with van der Waals surface area (Å²) in [6.07, 6.45) is 0. The molecule has 0 aliphatic carbocycles. The first kappa shape index (κ1) is 15.5. The number of para-hydroxylation sites is 1. The Kier molecular flexibility index (Phi) is 4.57. The molecule has 23 heavy (non-hydrogen) atoms. The predicted molar refractivity (Wildman–Crippen MR) is 86.4 cm³/mol. The van der Waals surface area contributed by atoms with Crippen molar-refractivity contribution in [3.63, 3.8) is 0 Å². The molecule has 0 radical (unpaired) electrons. The monoisotopic (exact) mass is 318 g/mol. The van der Waals surface area contributed by atoms with Crippen LogP contribution in [0.4, 0.5) is 16.0 Å². The van der Waals surface area contributed by atoms with Crippen molar-refractivity contribution >= 4 is 11.6 Å². The zero-order chi connectivity index (χ0) is 16.2. The average Bonchev–Trinajstić information content (AvgIpc) is 2.55. The summed E-state index contributed by atoms with van der Waals surface area (Å²) in [5.74, 6) is 0.326. The van der Waals surface area contributed by atoms with E-state index in [1.807, 2.05) is 15.9 Å². The first-order chi connectivity index (χ1) is 11.2. The molecule has 1 aliphatic heterocycles. The van der Waals surface area contributed by atoms with Gasteiger partial charge in [-0.2, -0.15) is 0 Å². The van der Waals surface area contributed by atoms with Gasteiger partial charge in [-0.3, -0.25) is 9.78 Å². The van der Waals surface area contributed by atoms with Crippen molar-refractivity contribution in [2.24, 2.45) is 0 Å². The fourth-order valence-corrected chi connectivity index (χ4v) is 2.73. The van der Waals surface area contributed by atoms with Crippen molar-refractivity contribution < 1.29 is 9.13 Å². The molecule has 3 rings (SSSR count). The maximum absolute atomic E-state index is 13.9. The number of aromatic amines is 1. The van der Waals surface area contributed by atoms with Crippen molar-refractivity contribution in [2.75, 3.05) is 43.1 Å². The molecule has 1 aromatic heterocycles. The Hall–Kier alpha value is -2.41. The molecule has 0 saturated carbocycles. The molecule has 0 amide bonds. The van der Waals surface area contributed by atoms with E-state index in [-0.39, 0.29) is 11.4 Å². The van der Waals surface area contributed by atoms with Crippen LogP contribution in [0.15, 0.2) is 35.1 Å². The van der Waals surface area contributed by atoms with E-state index in [9.17, 15) is 9.18 Å². The number of methoxy groups -OCH3 is 1. The standard InChI is InChI=1S/C16H19FN4O2/c1-23-11-12-10-15(22)19-16(18-12)21-8-6-20(7-9-21)14-5-3-2-4-13(14)17/h2-5,10H,6-9,11H2,1H3,(H,18,19,22). The Morgan fingerprint density at radius 3 is 2.61 bits per heavy atom. The van der Waals surface area contributed by atoms with E-state index in [0.717, 1.165) is 0 Å². The van der Waals surface area contributed by atoms with Crippen molar-refractivity contribution in [3.8, 4) is 0 Å². The number of hydrogen-bond donors (Lipinski definition) is 1. The Morgan fingerprint density at radius 2 is 1.91 bits per heavy atom. The van der Waals surface area contributed by atoms with Gasteiger partial charge in [0.15, 0.2) is 0 Å². The van der Waals surface area contributed by atoms with Gasteiger partial charge in [-0.15, -0.1) is 0 Å². The summed E-state index contributed by atoms with van der Waals surface area (Å²) in [4.78, 5) is 22.9.